The molecule has 130 valence electrons. The van der Waals surface area contributed by atoms with Gasteiger partial charge in [-0.15, -0.1) is 0 Å². The van der Waals surface area contributed by atoms with Gasteiger partial charge in [-0.2, -0.15) is 0 Å². The van der Waals surface area contributed by atoms with Crippen LogP contribution >= 0.6 is 0 Å². The zero-order valence-corrected chi connectivity index (χ0v) is 14.5. The summed E-state index contributed by atoms with van der Waals surface area (Å²) in [5, 5.41) is 5.51. The van der Waals surface area contributed by atoms with Crippen LogP contribution in [0.1, 0.15) is 25.2 Å². The number of ether oxygens (including phenoxy) is 2. The molecule has 0 saturated heterocycles. The monoisotopic (exact) mass is 332 g/mol. The molecule has 2 rings (SSSR count). The van der Waals surface area contributed by atoms with Crippen molar-refractivity contribution in [2.45, 2.75) is 34.0 Å². The molecule has 1 aromatic carbocycles. The lowest BCUT2D eigenvalue weighted by Gasteiger charge is -2.17. The molecule has 0 fully saturated rings. The van der Waals surface area contributed by atoms with Gasteiger partial charge in [-0.3, -0.25) is 0 Å². The summed E-state index contributed by atoms with van der Waals surface area (Å²) in [5.74, 6) is 0. The van der Waals surface area contributed by atoms with Crippen molar-refractivity contribution in [2.75, 3.05) is 25.1 Å². The zero-order chi connectivity index (χ0) is 17.5. The fourth-order valence-corrected chi connectivity index (χ4v) is 2.20. The van der Waals surface area contributed by atoms with Gasteiger partial charge in [-0.1, -0.05) is 0 Å². The van der Waals surface area contributed by atoms with Crippen molar-refractivity contribution >= 4 is 22.8 Å². The predicted octanol–water partition coefficient (Wildman–Crippen LogP) is 2.77. The predicted molar refractivity (Wildman–Crippen MR) is 93.1 cm³/mol. The Bertz CT molecular complexity index is 700. The molecule has 0 radical (unpaired) electrons. The van der Waals surface area contributed by atoms with Crippen molar-refractivity contribution < 1.29 is 14.3 Å². The molecule has 2 aromatic rings. The number of carbonyl (C=O) groups is 1. The fraction of sp³-hybridized carbons (Fsp3) is 0.471. The Kier molecular flexibility index (Phi) is 6.45. The van der Waals surface area contributed by atoms with Gasteiger partial charge < -0.3 is 20.1 Å². The quantitative estimate of drug-likeness (QED) is 0.762. The third-order valence-electron chi connectivity index (χ3n) is 3.47. The number of nitrogens with one attached hydrogen (secondary N) is 2. The average molecular weight is 332 g/mol. The molecule has 1 aromatic heterocycles. The Labute approximate surface area is 141 Å². The van der Waals surface area contributed by atoms with Gasteiger partial charge >= 0.3 is 6.03 Å². The molecular formula is C17H24N4O3. The van der Waals surface area contributed by atoms with Crippen LogP contribution in [0, 0.1) is 13.8 Å². The minimum atomic E-state index is -0.446. The summed E-state index contributed by atoms with van der Waals surface area (Å²) in [6, 6.07) is 5.12. The lowest BCUT2D eigenvalue weighted by atomic mass is 10.2. The van der Waals surface area contributed by atoms with Crippen LogP contribution in [0.5, 0.6) is 0 Å². The summed E-state index contributed by atoms with van der Waals surface area (Å²) in [5.41, 5.74) is 3.98. The number of urea groups is 1. The number of carbonyl (C=O) groups excluding carboxylic acids is 1. The second-order valence-corrected chi connectivity index (χ2v) is 5.27. The third kappa shape index (κ3) is 4.87. The molecule has 0 spiro atoms. The second-order valence-electron chi connectivity index (χ2n) is 5.27. The van der Waals surface area contributed by atoms with Crippen LogP contribution < -0.4 is 10.6 Å². The topological polar surface area (TPSA) is 85.4 Å². The summed E-state index contributed by atoms with van der Waals surface area (Å²) in [7, 11) is 0. The highest BCUT2D eigenvalue weighted by atomic mass is 16.7. The smallest absolute Gasteiger partial charge is 0.319 e. The van der Waals surface area contributed by atoms with Crippen molar-refractivity contribution in [3.05, 3.63) is 29.6 Å². The number of fused-ring (bicyclic) bond motifs is 1. The molecule has 0 aliphatic heterocycles. The number of benzene rings is 1. The van der Waals surface area contributed by atoms with Gasteiger partial charge in [0, 0.05) is 18.9 Å². The molecule has 24 heavy (non-hydrogen) atoms. The van der Waals surface area contributed by atoms with Crippen molar-refractivity contribution in [1.29, 1.82) is 0 Å². The molecule has 7 heteroatoms. The van der Waals surface area contributed by atoms with Crippen LogP contribution in [0.15, 0.2) is 18.2 Å². The molecule has 0 saturated carbocycles. The Hall–Kier alpha value is -2.25. The summed E-state index contributed by atoms with van der Waals surface area (Å²) in [6.07, 6.45) is -0.446. The van der Waals surface area contributed by atoms with E-state index in [2.05, 4.69) is 20.6 Å². The van der Waals surface area contributed by atoms with E-state index in [1.54, 1.807) is 12.1 Å². The third-order valence-corrected chi connectivity index (χ3v) is 3.47. The maximum absolute atomic E-state index is 12.0. The Morgan fingerprint density at radius 1 is 1.08 bits per heavy atom. The van der Waals surface area contributed by atoms with Gasteiger partial charge in [0.25, 0.3) is 0 Å². The zero-order valence-electron chi connectivity index (χ0n) is 14.5. The van der Waals surface area contributed by atoms with Crippen LogP contribution in [0.2, 0.25) is 0 Å². The van der Waals surface area contributed by atoms with Gasteiger partial charge in [0.05, 0.1) is 29.0 Å². The molecule has 2 N–H and O–H groups in total. The van der Waals surface area contributed by atoms with E-state index in [1.807, 2.05) is 33.8 Å². The van der Waals surface area contributed by atoms with Crippen molar-refractivity contribution in [1.82, 2.24) is 15.3 Å². The average Bonchev–Trinajstić information content (AvgIpc) is 2.54. The van der Waals surface area contributed by atoms with E-state index in [9.17, 15) is 4.79 Å². The lowest BCUT2D eigenvalue weighted by Crippen LogP contribution is -2.37. The second kappa shape index (κ2) is 8.56. The SMILES string of the molecule is CCOC(CNC(=O)Nc1ccc2nc(C)c(C)nc2c1)OCC. The first kappa shape index (κ1) is 18.1. The Balaban J connectivity index is 1.98. The number of nitrogens with zero attached hydrogens (tertiary/aromatic N) is 2. The van der Waals surface area contributed by atoms with E-state index in [-0.39, 0.29) is 12.6 Å². The van der Waals surface area contributed by atoms with Crippen LogP contribution in [0.3, 0.4) is 0 Å². The number of amides is 2. The largest absolute Gasteiger partial charge is 0.351 e. The van der Waals surface area contributed by atoms with E-state index in [0.717, 1.165) is 22.4 Å². The lowest BCUT2D eigenvalue weighted by molar-refractivity contribution is -0.131. The maximum atomic E-state index is 12.0. The van der Waals surface area contributed by atoms with Gasteiger partial charge in [0.2, 0.25) is 0 Å². The van der Waals surface area contributed by atoms with Gasteiger partial charge in [-0.25, -0.2) is 14.8 Å². The standard InChI is InChI=1S/C17H24N4O3/c1-5-23-16(24-6-2)10-18-17(22)21-13-7-8-14-15(9-13)20-12(4)11(3)19-14/h7-9,16H,5-6,10H2,1-4H3,(H2,18,21,22). The van der Waals surface area contributed by atoms with Crippen LogP contribution in [-0.2, 0) is 9.47 Å². The molecule has 0 aliphatic rings. The molecule has 2 amide bonds. The van der Waals surface area contributed by atoms with Crippen molar-refractivity contribution in [3.63, 3.8) is 0 Å². The van der Waals surface area contributed by atoms with E-state index >= 15 is 0 Å². The van der Waals surface area contributed by atoms with Gasteiger partial charge in [-0.05, 0) is 45.9 Å². The van der Waals surface area contributed by atoms with Crippen molar-refractivity contribution in [2.24, 2.45) is 0 Å². The van der Waals surface area contributed by atoms with Crippen LogP contribution in [0.25, 0.3) is 11.0 Å². The number of aromatic nitrogens is 2. The van der Waals surface area contributed by atoms with E-state index in [0.29, 0.717) is 18.9 Å². The van der Waals surface area contributed by atoms with Gasteiger partial charge in [0.15, 0.2) is 6.29 Å². The molecule has 0 atom stereocenters. The molecule has 0 unspecified atom stereocenters. The Morgan fingerprint density at radius 3 is 2.33 bits per heavy atom. The molecule has 0 bridgehead atoms. The molecule has 0 aliphatic carbocycles. The number of aryl methyl sites for hydroxylation is 2. The van der Waals surface area contributed by atoms with Crippen LogP contribution in [0.4, 0.5) is 10.5 Å². The summed E-state index contributed by atoms with van der Waals surface area (Å²) < 4.78 is 10.8. The number of rotatable bonds is 7. The van der Waals surface area contributed by atoms with Crippen LogP contribution in [-0.4, -0.2) is 42.0 Å². The molecule has 1 heterocycles. The van der Waals surface area contributed by atoms with E-state index in [4.69, 9.17) is 9.47 Å². The number of anilines is 1. The molecular weight excluding hydrogens is 308 g/mol. The highest BCUT2D eigenvalue weighted by Crippen LogP contribution is 2.17. The first-order valence-corrected chi connectivity index (χ1v) is 8.06. The first-order chi connectivity index (χ1) is 11.5. The van der Waals surface area contributed by atoms with E-state index < -0.39 is 6.29 Å². The molecule has 7 nitrogen and oxygen atoms in total. The summed E-state index contributed by atoms with van der Waals surface area (Å²) >= 11 is 0. The highest BCUT2D eigenvalue weighted by molar-refractivity contribution is 5.91. The maximum Gasteiger partial charge on any atom is 0.319 e. The number of hydrogen-bond acceptors (Lipinski definition) is 5. The van der Waals surface area contributed by atoms with Crippen molar-refractivity contribution in [3.8, 4) is 0 Å². The summed E-state index contributed by atoms with van der Waals surface area (Å²) in [6.45, 7) is 8.92. The normalized spacial score (nSPS) is 11.0. The summed E-state index contributed by atoms with van der Waals surface area (Å²) in [4.78, 5) is 21.0. The Morgan fingerprint density at radius 2 is 1.71 bits per heavy atom. The van der Waals surface area contributed by atoms with E-state index in [1.165, 1.54) is 0 Å². The first-order valence-electron chi connectivity index (χ1n) is 8.06. The number of hydrogen-bond donors (Lipinski definition) is 2. The minimum absolute atomic E-state index is 0.277. The minimum Gasteiger partial charge on any atom is -0.351 e. The highest BCUT2D eigenvalue weighted by Gasteiger charge is 2.10. The van der Waals surface area contributed by atoms with Gasteiger partial charge in [0.1, 0.15) is 0 Å². The fourth-order valence-electron chi connectivity index (χ4n) is 2.20.